The molecule has 1 aliphatic carbocycles. The number of para-hydroxylation sites is 1. The highest BCUT2D eigenvalue weighted by atomic mass is 35.5. The van der Waals surface area contributed by atoms with Crippen LogP contribution in [0.25, 0.3) is 0 Å². The monoisotopic (exact) mass is 585 g/mol. The van der Waals surface area contributed by atoms with E-state index in [2.05, 4.69) is 5.32 Å². The normalized spacial score (nSPS) is 14.5. The lowest BCUT2D eigenvalue weighted by molar-refractivity contribution is -0.139. The van der Waals surface area contributed by atoms with Crippen LogP contribution in [0.3, 0.4) is 0 Å². The Morgan fingerprint density at radius 2 is 1.70 bits per heavy atom. The fourth-order valence-corrected chi connectivity index (χ4v) is 6.45. The second kappa shape index (κ2) is 12.8. The van der Waals surface area contributed by atoms with Crippen LogP contribution in [0, 0.1) is 12.7 Å². The lowest BCUT2D eigenvalue weighted by atomic mass is 10.1. The molecule has 1 atom stereocenters. The van der Waals surface area contributed by atoms with E-state index in [-0.39, 0.29) is 29.1 Å². The molecule has 0 radical (unpaired) electrons. The van der Waals surface area contributed by atoms with E-state index in [1.165, 1.54) is 35.2 Å². The van der Waals surface area contributed by atoms with Crippen molar-refractivity contribution in [2.75, 3.05) is 10.8 Å². The molecule has 1 aliphatic rings. The summed E-state index contributed by atoms with van der Waals surface area (Å²) in [5.74, 6) is -1.78. The highest BCUT2D eigenvalue weighted by Crippen LogP contribution is 2.27. The van der Waals surface area contributed by atoms with Gasteiger partial charge in [-0.1, -0.05) is 66.4 Å². The summed E-state index contributed by atoms with van der Waals surface area (Å²) >= 11 is 6.17. The van der Waals surface area contributed by atoms with Crippen molar-refractivity contribution in [3.63, 3.8) is 0 Å². The number of amides is 2. The van der Waals surface area contributed by atoms with Gasteiger partial charge in [-0.05, 0) is 68.7 Å². The van der Waals surface area contributed by atoms with Crippen molar-refractivity contribution in [1.82, 2.24) is 10.2 Å². The number of halogens is 2. The molecule has 3 aromatic rings. The molecule has 0 heterocycles. The van der Waals surface area contributed by atoms with E-state index in [1.807, 2.05) is 6.92 Å². The summed E-state index contributed by atoms with van der Waals surface area (Å²) in [6.07, 6.45) is 3.80. The van der Waals surface area contributed by atoms with Crippen LogP contribution in [0.15, 0.2) is 77.7 Å². The predicted octanol–water partition coefficient (Wildman–Crippen LogP) is 5.46. The Bertz CT molecular complexity index is 1460. The second-order valence-electron chi connectivity index (χ2n) is 10.1. The van der Waals surface area contributed by atoms with E-state index in [0.717, 1.165) is 41.6 Å². The Balaban J connectivity index is 1.69. The Morgan fingerprint density at radius 1 is 1.02 bits per heavy atom. The van der Waals surface area contributed by atoms with Gasteiger partial charge in [0.25, 0.3) is 10.0 Å². The Morgan fingerprint density at radius 3 is 2.35 bits per heavy atom. The predicted molar refractivity (Wildman–Crippen MR) is 154 cm³/mol. The van der Waals surface area contributed by atoms with Gasteiger partial charge in [0.15, 0.2) is 0 Å². The average molecular weight is 586 g/mol. The molecule has 0 aliphatic heterocycles. The second-order valence-corrected chi connectivity index (χ2v) is 12.4. The van der Waals surface area contributed by atoms with E-state index < -0.39 is 34.3 Å². The van der Waals surface area contributed by atoms with E-state index in [4.69, 9.17) is 11.6 Å². The number of hydrogen-bond donors (Lipinski definition) is 1. The molecule has 0 aromatic heterocycles. The molecule has 10 heteroatoms. The summed E-state index contributed by atoms with van der Waals surface area (Å²) in [5, 5.41) is 3.48. The molecule has 0 spiro atoms. The molecule has 40 heavy (non-hydrogen) atoms. The molecule has 0 saturated heterocycles. The molecular weight excluding hydrogens is 553 g/mol. The van der Waals surface area contributed by atoms with Crippen molar-refractivity contribution in [2.24, 2.45) is 0 Å². The summed E-state index contributed by atoms with van der Waals surface area (Å²) in [6.45, 7) is 2.72. The zero-order valence-corrected chi connectivity index (χ0v) is 24.1. The maximum atomic E-state index is 15.0. The minimum absolute atomic E-state index is 0.00827. The number of aryl methyl sites for hydroxylation is 1. The van der Waals surface area contributed by atoms with Gasteiger partial charge in [0.05, 0.1) is 10.6 Å². The van der Waals surface area contributed by atoms with Crippen molar-refractivity contribution in [3.05, 3.63) is 94.8 Å². The lowest BCUT2D eigenvalue weighted by Crippen LogP contribution is -2.52. The smallest absolute Gasteiger partial charge is 0.264 e. The lowest BCUT2D eigenvalue weighted by Gasteiger charge is -2.32. The van der Waals surface area contributed by atoms with Gasteiger partial charge in [-0.25, -0.2) is 12.8 Å². The Kier molecular flexibility index (Phi) is 9.48. The zero-order valence-electron chi connectivity index (χ0n) is 22.5. The first-order chi connectivity index (χ1) is 19.1. The summed E-state index contributed by atoms with van der Waals surface area (Å²) < 4.78 is 43.3. The molecule has 3 aromatic carbocycles. The van der Waals surface area contributed by atoms with Crippen molar-refractivity contribution in [1.29, 1.82) is 0 Å². The molecule has 1 N–H and O–H groups in total. The standard InChI is InChI=1S/C30H33ClFN3O4S/c1-21-14-16-26(17-15-21)40(38,39)35(28-13-6-5-12-27(28)32)20-29(36)34(19-23-8-7-9-24(31)18-23)22(2)30(37)33-25-10-3-4-11-25/h5-9,12-18,22,25H,3-4,10-11,19-20H2,1-2H3,(H,33,37)/t22-/m0/s1. The van der Waals surface area contributed by atoms with Crippen LogP contribution in [0.5, 0.6) is 0 Å². The molecule has 7 nitrogen and oxygen atoms in total. The molecule has 1 saturated carbocycles. The van der Waals surface area contributed by atoms with Gasteiger partial charge in [0.2, 0.25) is 11.8 Å². The first kappa shape index (κ1) is 29.6. The minimum atomic E-state index is -4.34. The number of hydrogen-bond acceptors (Lipinski definition) is 4. The number of benzene rings is 3. The van der Waals surface area contributed by atoms with Gasteiger partial charge in [-0.15, -0.1) is 0 Å². The van der Waals surface area contributed by atoms with Crippen LogP contribution in [0.2, 0.25) is 5.02 Å². The van der Waals surface area contributed by atoms with Crippen LogP contribution in [0.1, 0.15) is 43.7 Å². The first-order valence-corrected chi connectivity index (χ1v) is 15.1. The summed E-state index contributed by atoms with van der Waals surface area (Å²) in [4.78, 5) is 28.4. The summed E-state index contributed by atoms with van der Waals surface area (Å²) in [6, 6.07) is 17.5. The quantitative estimate of drug-likeness (QED) is 0.342. The molecule has 0 bridgehead atoms. The van der Waals surface area contributed by atoms with Gasteiger partial charge >= 0.3 is 0 Å². The molecule has 0 unspecified atom stereocenters. The third-order valence-corrected chi connectivity index (χ3v) is 9.13. The molecular formula is C30H33ClFN3O4S. The van der Waals surface area contributed by atoms with E-state index in [0.29, 0.717) is 10.6 Å². The van der Waals surface area contributed by atoms with Crippen molar-refractivity contribution < 1.29 is 22.4 Å². The van der Waals surface area contributed by atoms with Crippen LogP contribution in [0.4, 0.5) is 10.1 Å². The minimum Gasteiger partial charge on any atom is -0.352 e. The maximum Gasteiger partial charge on any atom is 0.264 e. The van der Waals surface area contributed by atoms with Crippen LogP contribution in [-0.2, 0) is 26.2 Å². The van der Waals surface area contributed by atoms with Crippen molar-refractivity contribution >= 4 is 39.1 Å². The van der Waals surface area contributed by atoms with Crippen LogP contribution in [-0.4, -0.2) is 43.8 Å². The van der Waals surface area contributed by atoms with Gasteiger partial charge < -0.3 is 10.2 Å². The number of carbonyl (C=O) groups excluding carboxylic acids is 2. The van der Waals surface area contributed by atoms with E-state index in [1.54, 1.807) is 43.3 Å². The fourth-order valence-electron chi connectivity index (χ4n) is 4.81. The first-order valence-electron chi connectivity index (χ1n) is 13.2. The molecule has 2 amide bonds. The maximum absolute atomic E-state index is 15.0. The molecule has 4 rings (SSSR count). The highest BCUT2D eigenvalue weighted by molar-refractivity contribution is 7.92. The molecule has 212 valence electrons. The summed E-state index contributed by atoms with van der Waals surface area (Å²) in [5.41, 5.74) is 1.25. The number of rotatable bonds is 10. The topological polar surface area (TPSA) is 86.8 Å². The number of anilines is 1. The fraction of sp³-hybridized carbons (Fsp3) is 0.333. The largest absolute Gasteiger partial charge is 0.352 e. The number of sulfonamides is 1. The number of nitrogens with one attached hydrogen (secondary N) is 1. The Labute approximate surface area is 240 Å². The van der Waals surface area contributed by atoms with Crippen LogP contribution >= 0.6 is 11.6 Å². The van der Waals surface area contributed by atoms with Gasteiger partial charge in [0.1, 0.15) is 18.4 Å². The van der Waals surface area contributed by atoms with E-state index >= 15 is 0 Å². The Hall–Kier alpha value is -3.43. The summed E-state index contributed by atoms with van der Waals surface area (Å²) in [7, 11) is -4.34. The SMILES string of the molecule is Cc1ccc(S(=O)(=O)N(CC(=O)N(Cc2cccc(Cl)c2)[C@@H](C)C(=O)NC2CCCC2)c2ccccc2F)cc1. The average Bonchev–Trinajstić information content (AvgIpc) is 3.43. The van der Waals surface area contributed by atoms with Crippen molar-refractivity contribution in [3.8, 4) is 0 Å². The van der Waals surface area contributed by atoms with E-state index in [9.17, 15) is 22.4 Å². The third kappa shape index (κ3) is 7.01. The number of nitrogens with zero attached hydrogens (tertiary/aromatic N) is 2. The van der Waals surface area contributed by atoms with Gasteiger partial charge in [-0.2, -0.15) is 0 Å². The van der Waals surface area contributed by atoms with Gasteiger partial charge in [0, 0.05) is 17.6 Å². The highest BCUT2D eigenvalue weighted by Gasteiger charge is 2.34. The molecule has 1 fully saturated rings. The van der Waals surface area contributed by atoms with Crippen LogP contribution < -0.4 is 9.62 Å². The number of carbonyl (C=O) groups is 2. The zero-order chi connectivity index (χ0) is 28.9. The third-order valence-electron chi connectivity index (χ3n) is 7.12. The van der Waals surface area contributed by atoms with Gasteiger partial charge in [-0.3, -0.25) is 13.9 Å². The van der Waals surface area contributed by atoms with Crippen molar-refractivity contribution in [2.45, 2.75) is 63.1 Å².